The smallest absolute Gasteiger partial charge is 0.319 e. The molecule has 0 radical (unpaired) electrons. The third-order valence-corrected chi connectivity index (χ3v) is 5.83. The highest BCUT2D eigenvalue weighted by Crippen LogP contribution is 2.31. The van der Waals surface area contributed by atoms with Crippen LogP contribution < -0.4 is 5.32 Å². The number of hydrogen-bond donors (Lipinski definition) is 1. The fraction of sp³-hybridized carbons (Fsp3) is 0.150. The van der Waals surface area contributed by atoms with Gasteiger partial charge in [0.25, 0.3) is 11.6 Å². The Labute approximate surface area is 174 Å². The monoisotopic (exact) mass is 426 g/mol. The Bertz CT molecular complexity index is 1150. The van der Waals surface area contributed by atoms with Crippen LogP contribution >= 0.6 is 11.3 Å². The molecule has 3 aromatic rings. The lowest BCUT2D eigenvalue weighted by Gasteiger charge is -2.21. The molecule has 8 nitrogen and oxygen atoms in total. The van der Waals surface area contributed by atoms with Gasteiger partial charge in [-0.05, 0) is 48.9 Å². The van der Waals surface area contributed by atoms with Crippen LogP contribution in [0.15, 0.2) is 53.9 Å². The average molecular weight is 426 g/mol. The molecule has 3 amide bonds. The van der Waals surface area contributed by atoms with Gasteiger partial charge in [0.1, 0.15) is 16.4 Å². The summed E-state index contributed by atoms with van der Waals surface area (Å²) in [6.45, 7) is 1.53. The van der Waals surface area contributed by atoms with Crippen molar-refractivity contribution in [2.45, 2.75) is 19.0 Å². The van der Waals surface area contributed by atoms with Crippen molar-refractivity contribution in [2.24, 2.45) is 0 Å². The minimum absolute atomic E-state index is 0.0229. The first-order chi connectivity index (χ1) is 14.3. The first-order valence-corrected chi connectivity index (χ1v) is 9.75. The van der Waals surface area contributed by atoms with E-state index in [0.29, 0.717) is 16.3 Å². The number of urea groups is 1. The van der Waals surface area contributed by atoms with E-state index in [1.54, 1.807) is 24.4 Å². The molecule has 1 fully saturated rings. The Morgan fingerprint density at radius 2 is 1.83 bits per heavy atom. The molecule has 0 aliphatic carbocycles. The zero-order valence-electron chi connectivity index (χ0n) is 15.7. The molecule has 2 heterocycles. The summed E-state index contributed by atoms with van der Waals surface area (Å²) in [5.74, 6) is -0.821. The highest BCUT2D eigenvalue weighted by Gasteiger charge is 2.49. The van der Waals surface area contributed by atoms with Gasteiger partial charge in [-0.15, -0.1) is 11.3 Å². The number of thiazole rings is 1. The first kappa shape index (κ1) is 19.6. The van der Waals surface area contributed by atoms with Gasteiger partial charge in [0, 0.05) is 23.1 Å². The van der Waals surface area contributed by atoms with Crippen LogP contribution in [-0.2, 0) is 16.9 Å². The largest absolute Gasteiger partial charge is 0.325 e. The lowest BCUT2D eigenvalue weighted by Crippen LogP contribution is -2.40. The SMILES string of the molecule is CC1(c2ccc([N+](=O)[O-])cc2)NC(=O)N(Cc2csc(-c3ccc(F)cc3)n2)C1=O. The van der Waals surface area contributed by atoms with Gasteiger partial charge in [0.05, 0.1) is 17.2 Å². The summed E-state index contributed by atoms with van der Waals surface area (Å²) >= 11 is 1.33. The number of halogens is 1. The number of nitrogens with zero attached hydrogens (tertiary/aromatic N) is 3. The topological polar surface area (TPSA) is 105 Å². The van der Waals surface area contributed by atoms with Gasteiger partial charge in [-0.25, -0.2) is 14.2 Å². The summed E-state index contributed by atoms with van der Waals surface area (Å²) in [6, 6.07) is 10.8. The molecular formula is C20H15FN4O4S. The number of rotatable bonds is 5. The lowest BCUT2D eigenvalue weighted by atomic mass is 9.92. The van der Waals surface area contributed by atoms with Crippen LogP contribution in [0.3, 0.4) is 0 Å². The Morgan fingerprint density at radius 3 is 2.47 bits per heavy atom. The number of amides is 3. The molecule has 0 spiro atoms. The van der Waals surface area contributed by atoms with Gasteiger partial charge < -0.3 is 5.32 Å². The van der Waals surface area contributed by atoms with Crippen molar-refractivity contribution < 1.29 is 18.9 Å². The zero-order valence-corrected chi connectivity index (χ0v) is 16.5. The maximum Gasteiger partial charge on any atom is 0.325 e. The summed E-state index contributed by atoms with van der Waals surface area (Å²) in [6.07, 6.45) is 0. The van der Waals surface area contributed by atoms with Crippen molar-refractivity contribution in [1.29, 1.82) is 0 Å². The molecule has 1 aromatic heterocycles. The molecule has 10 heteroatoms. The van der Waals surface area contributed by atoms with Gasteiger partial charge in [-0.3, -0.25) is 19.8 Å². The van der Waals surface area contributed by atoms with E-state index in [0.717, 1.165) is 10.5 Å². The van der Waals surface area contributed by atoms with Crippen LogP contribution in [0.5, 0.6) is 0 Å². The quantitative estimate of drug-likeness (QED) is 0.379. The maximum absolute atomic E-state index is 13.1. The van der Waals surface area contributed by atoms with E-state index in [4.69, 9.17) is 0 Å². The van der Waals surface area contributed by atoms with E-state index >= 15 is 0 Å². The second kappa shape index (κ2) is 7.30. The Balaban J connectivity index is 1.54. The Morgan fingerprint density at radius 1 is 1.17 bits per heavy atom. The van der Waals surface area contributed by atoms with Crippen molar-refractivity contribution in [3.8, 4) is 10.6 Å². The van der Waals surface area contributed by atoms with Crippen LogP contribution in [0, 0.1) is 15.9 Å². The number of hydrogen-bond acceptors (Lipinski definition) is 6. The van der Waals surface area contributed by atoms with Gasteiger partial charge in [0.15, 0.2) is 0 Å². The summed E-state index contributed by atoms with van der Waals surface area (Å²) < 4.78 is 13.1. The molecule has 0 saturated carbocycles. The first-order valence-electron chi connectivity index (χ1n) is 8.87. The van der Waals surface area contributed by atoms with E-state index in [9.17, 15) is 24.1 Å². The van der Waals surface area contributed by atoms with Gasteiger partial charge in [-0.2, -0.15) is 0 Å². The average Bonchev–Trinajstić information content (AvgIpc) is 3.28. The van der Waals surface area contributed by atoms with E-state index in [1.165, 1.54) is 47.7 Å². The van der Waals surface area contributed by atoms with E-state index in [2.05, 4.69) is 10.3 Å². The molecule has 1 aliphatic rings. The second-order valence-electron chi connectivity index (χ2n) is 6.90. The molecule has 1 atom stereocenters. The van der Waals surface area contributed by atoms with Crippen LogP contribution in [-0.4, -0.2) is 26.7 Å². The number of nitrogens with one attached hydrogen (secondary N) is 1. The standard InChI is InChI=1S/C20H15FN4O4S/c1-20(13-4-8-16(9-5-13)25(28)29)18(26)24(19(27)23-20)10-15-11-30-17(22-15)12-2-6-14(21)7-3-12/h2-9,11H,10H2,1H3,(H,23,27). The number of nitro benzene ring substituents is 1. The van der Waals surface area contributed by atoms with Crippen molar-refractivity contribution in [3.05, 3.63) is 81.1 Å². The summed E-state index contributed by atoms with van der Waals surface area (Å²) in [5.41, 5.74) is 0.268. The van der Waals surface area contributed by atoms with Crippen LogP contribution in [0.2, 0.25) is 0 Å². The predicted molar refractivity (Wildman–Crippen MR) is 107 cm³/mol. The van der Waals surface area contributed by atoms with E-state index in [-0.39, 0.29) is 18.0 Å². The normalized spacial score (nSPS) is 18.5. The molecule has 30 heavy (non-hydrogen) atoms. The summed E-state index contributed by atoms with van der Waals surface area (Å²) in [5, 5.41) is 15.9. The Hall–Kier alpha value is -3.66. The summed E-state index contributed by atoms with van der Waals surface area (Å²) in [7, 11) is 0. The molecule has 1 saturated heterocycles. The third-order valence-electron chi connectivity index (χ3n) is 4.89. The third kappa shape index (κ3) is 3.41. The fourth-order valence-corrected chi connectivity index (χ4v) is 4.04. The molecule has 152 valence electrons. The number of carbonyl (C=O) groups is 2. The van der Waals surface area contributed by atoms with Gasteiger partial charge in [-0.1, -0.05) is 0 Å². The highest BCUT2D eigenvalue weighted by molar-refractivity contribution is 7.13. The number of non-ortho nitro benzene ring substituents is 1. The van der Waals surface area contributed by atoms with Crippen LogP contribution in [0.1, 0.15) is 18.2 Å². The number of aromatic nitrogens is 1. The molecule has 4 rings (SSSR count). The summed E-state index contributed by atoms with van der Waals surface area (Å²) in [4.78, 5) is 41.3. The van der Waals surface area contributed by atoms with Gasteiger partial charge in [0.2, 0.25) is 0 Å². The molecule has 1 aliphatic heterocycles. The fourth-order valence-electron chi connectivity index (χ4n) is 3.22. The molecule has 2 aromatic carbocycles. The van der Waals surface area contributed by atoms with Crippen LogP contribution in [0.25, 0.3) is 10.6 Å². The molecule has 1 unspecified atom stereocenters. The van der Waals surface area contributed by atoms with Crippen LogP contribution in [0.4, 0.5) is 14.9 Å². The molecule has 0 bridgehead atoms. The number of carbonyl (C=O) groups excluding carboxylic acids is 2. The predicted octanol–water partition coefficient (Wildman–Crippen LogP) is 3.82. The minimum Gasteiger partial charge on any atom is -0.319 e. The van der Waals surface area contributed by atoms with Crippen molar-refractivity contribution in [3.63, 3.8) is 0 Å². The van der Waals surface area contributed by atoms with Gasteiger partial charge >= 0.3 is 6.03 Å². The van der Waals surface area contributed by atoms with Crippen molar-refractivity contribution >= 4 is 29.0 Å². The van der Waals surface area contributed by atoms with Crippen molar-refractivity contribution in [2.75, 3.05) is 0 Å². The molecular weight excluding hydrogens is 411 g/mol. The number of nitro groups is 1. The molecule has 1 N–H and O–H groups in total. The van der Waals surface area contributed by atoms with E-state index < -0.39 is 22.4 Å². The maximum atomic E-state index is 13.1. The van der Waals surface area contributed by atoms with Crippen molar-refractivity contribution in [1.82, 2.24) is 15.2 Å². The van der Waals surface area contributed by atoms with E-state index in [1.807, 2.05) is 0 Å². The minimum atomic E-state index is -1.33. The zero-order chi connectivity index (χ0) is 21.5. The second-order valence-corrected chi connectivity index (χ2v) is 7.76. The highest BCUT2D eigenvalue weighted by atomic mass is 32.1. The Kier molecular flexibility index (Phi) is 4.78. The number of benzene rings is 2. The lowest BCUT2D eigenvalue weighted by molar-refractivity contribution is -0.384. The number of imide groups is 1.